The van der Waals surface area contributed by atoms with E-state index in [-0.39, 0.29) is 23.0 Å². The summed E-state index contributed by atoms with van der Waals surface area (Å²) in [5.74, 6) is 1.26. The van der Waals surface area contributed by atoms with Crippen molar-refractivity contribution in [1.29, 1.82) is 0 Å². The molecule has 1 aromatic carbocycles. The van der Waals surface area contributed by atoms with E-state index in [0.717, 1.165) is 25.1 Å². The lowest BCUT2D eigenvalue weighted by Crippen LogP contribution is -2.38. The van der Waals surface area contributed by atoms with E-state index in [4.69, 9.17) is 5.73 Å². The maximum atomic E-state index is 11.1. The van der Waals surface area contributed by atoms with Crippen LogP contribution in [0.3, 0.4) is 0 Å². The molecule has 2 aliphatic rings. The van der Waals surface area contributed by atoms with Crippen LogP contribution in [0.4, 0.5) is 5.69 Å². The monoisotopic (exact) mass is 311 g/mol. The Kier molecular flexibility index (Phi) is 5.19. The fraction of sp³-hybridized carbons (Fsp3) is 0.600. The van der Waals surface area contributed by atoms with Crippen molar-refractivity contribution in [1.82, 2.24) is 4.90 Å². The molecule has 5 nitrogen and oxygen atoms in total. The molecule has 3 rings (SSSR count). The topological polar surface area (TPSA) is 72.4 Å². The van der Waals surface area contributed by atoms with Gasteiger partial charge >= 0.3 is 0 Å². The molecular formula is C15H22ClN3O2. The third kappa shape index (κ3) is 3.36. The molecule has 0 spiro atoms. The minimum atomic E-state index is -0.288. The van der Waals surface area contributed by atoms with Crippen LogP contribution >= 0.6 is 12.4 Å². The number of likely N-dealkylation sites (tertiary alicyclic amines) is 1. The highest BCUT2D eigenvalue weighted by Gasteiger charge is 2.38. The van der Waals surface area contributed by atoms with E-state index in [9.17, 15) is 10.1 Å². The summed E-state index contributed by atoms with van der Waals surface area (Å²) >= 11 is 0. The predicted octanol–water partition coefficient (Wildman–Crippen LogP) is 2.58. The number of nitrogens with two attached hydrogens (primary N) is 1. The molecule has 1 saturated carbocycles. The van der Waals surface area contributed by atoms with E-state index in [1.807, 2.05) is 12.1 Å². The van der Waals surface area contributed by atoms with Crippen molar-refractivity contribution in [3.05, 3.63) is 39.9 Å². The van der Waals surface area contributed by atoms with E-state index < -0.39 is 0 Å². The average Bonchev–Trinajstić information content (AvgIpc) is 2.83. The minimum Gasteiger partial charge on any atom is -0.327 e. The summed E-state index contributed by atoms with van der Waals surface area (Å²) in [6.45, 7) is 2.68. The number of benzene rings is 1. The van der Waals surface area contributed by atoms with Gasteiger partial charge in [-0.25, -0.2) is 0 Å². The first-order chi connectivity index (χ1) is 9.65. The van der Waals surface area contributed by atoms with Crippen molar-refractivity contribution in [2.45, 2.75) is 31.8 Å². The second-order valence-corrected chi connectivity index (χ2v) is 6.10. The van der Waals surface area contributed by atoms with E-state index in [1.165, 1.54) is 12.8 Å². The van der Waals surface area contributed by atoms with Gasteiger partial charge < -0.3 is 5.73 Å². The zero-order valence-corrected chi connectivity index (χ0v) is 12.8. The van der Waals surface area contributed by atoms with Crippen LogP contribution < -0.4 is 5.73 Å². The number of halogens is 1. The van der Waals surface area contributed by atoms with Crippen LogP contribution in [0, 0.1) is 22.0 Å². The summed E-state index contributed by atoms with van der Waals surface area (Å²) in [5, 5.41) is 11.1. The van der Waals surface area contributed by atoms with E-state index >= 15 is 0 Å². The van der Waals surface area contributed by atoms with Crippen molar-refractivity contribution in [2.75, 3.05) is 13.1 Å². The van der Waals surface area contributed by atoms with Gasteiger partial charge in [0.1, 0.15) is 0 Å². The molecule has 3 atom stereocenters. The van der Waals surface area contributed by atoms with Crippen molar-refractivity contribution >= 4 is 18.1 Å². The molecule has 6 heteroatoms. The lowest BCUT2D eigenvalue weighted by atomic mass is 9.78. The molecular weight excluding hydrogens is 290 g/mol. The first kappa shape index (κ1) is 16.2. The first-order valence-corrected chi connectivity index (χ1v) is 7.35. The van der Waals surface area contributed by atoms with Crippen molar-refractivity contribution in [3.63, 3.8) is 0 Å². The highest BCUT2D eigenvalue weighted by atomic mass is 35.5. The maximum Gasteiger partial charge on any atom is 0.273 e. The molecule has 3 unspecified atom stereocenters. The molecule has 2 N–H and O–H groups in total. The highest BCUT2D eigenvalue weighted by Crippen LogP contribution is 2.36. The Hall–Kier alpha value is -1.17. The van der Waals surface area contributed by atoms with Gasteiger partial charge in [0.25, 0.3) is 5.69 Å². The SMILES string of the molecule is Cl.NC1CCCC2CN(Cc3ccccc3[N+](=O)[O-])CC12. The van der Waals surface area contributed by atoms with Crippen molar-refractivity contribution in [2.24, 2.45) is 17.6 Å². The van der Waals surface area contributed by atoms with E-state index in [2.05, 4.69) is 4.90 Å². The second-order valence-electron chi connectivity index (χ2n) is 6.10. The predicted molar refractivity (Wildman–Crippen MR) is 84.4 cm³/mol. The summed E-state index contributed by atoms with van der Waals surface area (Å²) in [5.41, 5.74) is 7.26. The molecule has 0 aromatic heterocycles. The number of nitro benzene ring substituents is 1. The number of nitro groups is 1. The lowest BCUT2D eigenvalue weighted by molar-refractivity contribution is -0.385. The summed E-state index contributed by atoms with van der Waals surface area (Å²) < 4.78 is 0. The van der Waals surface area contributed by atoms with Crippen molar-refractivity contribution < 1.29 is 4.92 Å². The molecule has 1 aromatic rings. The highest BCUT2D eigenvalue weighted by molar-refractivity contribution is 5.85. The van der Waals surface area contributed by atoms with Gasteiger partial charge in [0.15, 0.2) is 0 Å². The quantitative estimate of drug-likeness (QED) is 0.688. The largest absolute Gasteiger partial charge is 0.327 e. The maximum absolute atomic E-state index is 11.1. The Morgan fingerprint density at radius 2 is 2.05 bits per heavy atom. The molecule has 1 heterocycles. The standard InChI is InChI=1S/C15H21N3O2.ClH/c16-14-6-3-5-11-8-17(10-13(11)14)9-12-4-1-2-7-15(12)18(19)20;/h1-2,4,7,11,13-14H,3,5-6,8-10,16H2;1H. The fourth-order valence-electron chi connectivity index (χ4n) is 3.80. The molecule has 0 radical (unpaired) electrons. The number of hydrogen-bond acceptors (Lipinski definition) is 4. The van der Waals surface area contributed by atoms with Gasteiger partial charge in [-0.2, -0.15) is 0 Å². The van der Waals surface area contributed by atoms with Gasteiger partial charge in [-0.15, -0.1) is 12.4 Å². The summed E-state index contributed by atoms with van der Waals surface area (Å²) in [7, 11) is 0. The van der Waals surface area contributed by atoms with Crippen LogP contribution in [0.2, 0.25) is 0 Å². The van der Waals surface area contributed by atoms with Gasteiger partial charge in [0, 0.05) is 37.3 Å². The molecule has 2 fully saturated rings. The van der Waals surface area contributed by atoms with Crippen LogP contribution in [0.5, 0.6) is 0 Å². The Bertz CT molecular complexity index is 511. The number of nitrogens with zero attached hydrogens (tertiary/aromatic N) is 2. The zero-order chi connectivity index (χ0) is 14.1. The smallest absolute Gasteiger partial charge is 0.273 e. The van der Waals surface area contributed by atoms with Crippen LogP contribution in [-0.2, 0) is 6.54 Å². The molecule has 0 bridgehead atoms. The Labute approximate surface area is 131 Å². The number of rotatable bonds is 3. The molecule has 21 heavy (non-hydrogen) atoms. The molecule has 1 saturated heterocycles. The second kappa shape index (κ2) is 6.73. The zero-order valence-electron chi connectivity index (χ0n) is 12.0. The third-order valence-corrected chi connectivity index (χ3v) is 4.81. The van der Waals surface area contributed by atoms with Crippen LogP contribution in [-0.4, -0.2) is 29.0 Å². The Balaban J connectivity index is 0.00000161. The van der Waals surface area contributed by atoms with Crippen LogP contribution in [0.25, 0.3) is 0 Å². The van der Waals surface area contributed by atoms with Crippen LogP contribution in [0.1, 0.15) is 24.8 Å². The summed E-state index contributed by atoms with van der Waals surface area (Å²) in [6, 6.07) is 7.35. The van der Waals surface area contributed by atoms with Crippen molar-refractivity contribution in [3.8, 4) is 0 Å². The fourth-order valence-corrected chi connectivity index (χ4v) is 3.80. The minimum absolute atomic E-state index is 0. The van der Waals surface area contributed by atoms with Gasteiger partial charge in [0.05, 0.1) is 4.92 Å². The number of para-hydroxylation sites is 1. The van der Waals surface area contributed by atoms with Gasteiger partial charge in [0.2, 0.25) is 0 Å². The third-order valence-electron chi connectivity index (χ3n) is 4.81. The molecule has 116 valence electrons. The Morgan fingerprint density at radius 1 is 1.29 bits per heavy atom. The molecule has 1 aliphatic heterocycles. The first-order valence-electron chi connectivity index (χ1n) is 7.35. The molecule has 0 amide bonds. The van der Waals surface area contributed by atoms with Gasteiger partial charge in [-0.3, -0.25) is 15.0 Å². The summed E-state index contributed by atoms with van der Waals surface area (Å²) in [6.07, 6.45) is 3.61. The number of fused-ring (bicyclic) bond motifs is 1. The summed E-state index contributed by atoms with van der Waals surface area (Å²) in [4.78, 5) is 13.1. The lowest BCUT2D eigenvalue weighted by Gasteiger charge is -2.29. The van der Waals surface area contributed by atoms with Crippen LogP contribution in [0.15, 0.2) is 24.3 Å². The number of hydrogen-bond donors (Lipinski definition) is 1. The van der Waals surface area contributed by atoms with E-state index in [0.29, 0.717) is 24.4 Å². The molecule has 1 aliphatic carbocycles. The normalized spacial score (nSPS) is 28.7. The Morgan fingerprint density at radius 3 is 2.76 bits per heavy atom. The average molecular weight is 312 g/mol. The van der Waals surface area contributed by atoms with E-state index in [1.54, 1.807) is 12.1 Å². The van der Waals surface area contributed by atoms with Gasteiger partial charge in [-0.1, -0.05) is 24.6 Å². The van der Waals surface area contributed by atoms with Gasteiger partial charge in [-0.05, 0) is 24.7 Å².